The van der Waals surface area contributed by atoms with E-state index in [1.54, 1.807) is 36.4 Å². The fourth-order valence-electron chi connectivity index (χ4n) is 3.81. The van der Waals surface area contributed by atoms with Gasteiger partial charge >= 0.3 is 0 Å². The molecule has 1 amide bonds. The Kier molecular flexibility index (Phi) is 5.31. The first-order valence-electron chi connectivity index (χ1n) is 10.0. The van der Waals surface area contributed by atoms with Gasteiger partial charge in [0.05, 0.1) is 10.9 Å². The Hall–Kier alpha value is -3.02. The van der Waals surface area contributed by atoms with Crippen molar-refractivity contribution in [3.63, 3.8) is 0 Å². The molecule has 2 aromatic carbocycles. The van der Waals surface area contributed by atoms with Crippen LogP contribution in [0.15, 0.2) is 47.4 Å². The molecule has 1 N–H and O–H groups in total. The number of anilines is 1. The van der Waals surface area contributed by atoms with Gasteiger partial charge in [0.2, 0.25) is 21.8 Å². The van der Waals surface area contributed by atoms with Crippen LogP contribution in [0.5, 0.6) is 11.5 Å². The number of rotatable bonds is 5. The number of fused-ring (bicyclic) bond motifs is 1. The summed E-state index contributed by atoms with van der Waals surface area (Å²) >= 11 is 1.10. The zero-order valence-corrected chi connectivity index (χ0v) is 18.8. The highest BCUT2D eigenvalue weighted by Gasteiger charge is 2.38. The standard InChI is InChI=1S/C21H20N4O5S2/c1-13-4-2-5-15(10-13)32(27,28)25-9-3-6-16(25)20-23-24-21(31-20)19(26)22-14-7-8-17-18(11-14)30-12-29-17/h2,4-5,7-8,10-11,16H,3,6,9,12H2,1H3,(H,22,26)/t16-/m0/s1. The van der Waals surface area contributed by atoms with Gasteiger partial charge in [-0.3, -0.25) is 4.79 Å². The normalized spacial score (nSPS) is 18.1. The van der Waals surface area contributed by atoms with E-state index in [1.807, 2.05) is 13.0 Å². The molecule has 2 aliphatic heterocycles. The minimum atomic E-state index is -3.68. The second-order valence-electron chi connectivity index (χ2n) is 7.56. The van der Waals surface area contributed by atoms with Crippen molar-refractivity contribution in [3.8, 4) is 11.5 Å². The molecule has 11 heteroatoms. The van der Waals surface area contributed by atoms with E-state index in [1.165, 1.54) is 4.31 Å². The number of hydrogen-bond acceptors (Lipinski definition) is 8. The quantitative estimate of drug-likeness (QED) is 0.606. The van der Waals surface area contributed by atoms with Crippen LogP contribution in [0.1, 0.15) is 39.3 Å². The number of ether oxygens (including phenoxy) is 2. The Morgan fingerprint density at radius 2 is 2.00 bits per heavy atom. The van der Waals surface area contributed by atoms with Gasteiger partial charge in [-0.15, -0.1) is 10.2 Å². The van der Waals surface area contributed by atoms with Gasteiger partial charge in [-0.25, -0.2) is 8.42 Å². The zero-order chi connectivity index (χ0) is 22.3. The van der Waals surface area contributed by atoms with Crippen LogP contribution in [-0.2, 0) is 10.0 Å². The summed E-state index contributed by atoms with van der Waals surface area (Å²) in [5.41, 5.74) is 1.42. The Labute approximate surface area is 189 Å². The largest absolute Gasteiger partial charge is 0.454 e. The second-order valence-corrected chi connectivity index (χ2v) is 10.5. The van der Waals surface area contributed by atoms with E-state index in [2.05, 4.69) is 15.5 Å². The minimum Gasteiger partial charge on any atom is -0.454 e. The minimum absolute atomic E-state index is 0.149. The fraction of sp³-hybridized carbons (Fsp3) is 0.286. The van der Waals surface area contributed by atoms with E-state index >= 15 is 0 Å². The molecule has 1 saturated heterocycles. The molecular formula is C21H20N4O5S2. The molecule has 1 fully saturated rings. The predicted octanol–water partition coefficient (Wildman–Crippen LogP) is 3.35. The molecular weight excluding hydrogens is 452 g/mol. The summed E-state index contributed by atoms with van der Waals surface area (Å²) in [4.78, 5) is 12.9. The van der Waals surface area contributed by atoms with E-state index in [4.69, 9.17) is 9.47 Å². The average molecular weight is 473 g/mol. The van der Waals surface area contributed by atoms with Gasteiger partial charge < -0.3 is 14.8 Å². The number of hydrogen-bond donors (Lipinski definition) is 1. The Bertz CT molecular complexity index is 1290. The molecule has 5 rings (SSSR count). The number of benzene rings is 2. The van der Waals surface area contributed by atoms with Crippen molar-refractivity contribution in [2.24, 2.45) is 0 Å². The third kappa shape index (κ3) is 3.83. The van der Waals surface area contributed by atoms with Crippen LogP contribution in [0, 0.1) is 6.92 Å². The molecule has 0 aliphatic carbocycles. The summed E-state index contributed by atoms with van der Waals surface area (Å²) in [5.74, 6) is 0.764. The maximum absolute atomic E-state index is 13.2. The summed E-state index contributed by atoms with van der Waals surface area (Å²) in [6.45, 7) is 2.41. The molecule has 3 aromatic rings. The first kappa shape index (κ1) is 20.9. The molecule has 1 aromatic heterocycles. The van der Waals surface area contributed by atoms with E-state index in [0.29, 0.717) is 41.6 Å². The lowest BCUT2D eigenvalue weighted by Gasteiger charge is -2.22. The number of nitrogens with one attached hydrogen (secondary N) is 1. The molecule has 0 unspecified atom stereocenters. The topological polar surface area (TPSA) is 111 Å². The summed E-state index contributed by atoms with van der Waals surface area (Å²) < 4.78 is 38.5. The van der Waals surface area contributed by atoms with E-state index < -0.39 is 22.0 Å². The highest BCUT2D eigenvalue weighted by molar-refractivity contribution is 7.89. The highest BCUT2D eigenvalue weighted by atomic mass is 32.2. The summed E-state index contributed by atoms with van der Waals surface area (Å²) in [6.07, 6.45) is 1.34. The highest BCUT2D eigenvalue weighted by Crippen LogP contribution is 2.38. The molecule has 0 spiro atoms. The number of sulfonamides is 1. The number of aryl methyl sites for hydroxylation is 1. The van der Waals surface area contributed by atoms with Crippen molar-refractivity contribution in [1.29, 1.82) is 0 Å². The van der Waals surface area contributed by atoms with Crippen molar-refractivity contribution in [2.45, 2.75) is 30.7 Å². The van der Waals surface area contributed by atoms with E-state index in [-0.39, 0.29) is 16.7 Å². The van der Waals surface area contributed by atoms with Gasteiger partial charge in [0.25, 0.3) is 5.91 Å². The zero-order valence-electron chi connectivity index (χ0n) is 17.1. The lowest BCUT2D eigenvalue weighted by molar-refractivity contribution is 0.102. The van der Waals surface area contributed by atoms with Gasteiger partial charge in [0.15, 0.2) is 11.5 Å². The van der Waals surface area contributed by atoms with E-state index in [9.17, 15) is 13.2 Å². The first-order valence-corrected chi connectivity index (χ1v) is 12.3. The SMILES string of the molecule is Cc1cccc(S(=O)(=O)N2CCC[C@H]2c2nnc(C(=O)Nc3ccc4c(c3)OCO4)s2)c1. The van der Waals surface area contributed by atoms with Crippen molar-refractivity contribution >= 4 is 33.0 Å². The average Bonchev–Trinajstić information content (AvgIpc) is 3.53. The van der Waals surface area contributed by atoms with Crippen LogP contribution >= 0.6 is 11.3 Å². The Morgan fingerprint density at radius 1 is 1.16 bits per heavy atom. The molecule has 0 saturated carbocycles. The van der Waals surface area contributed by atoms with Crippen LogP contribution < -0.4 is 14.8 Å². The van der Waals surface area contributed by atoms with Gasteiger partial charge in [0.1, 0.15) is 5.01 Å². The van der Waals surface area contributed by atoms with Gasteiger partial charge in [-0.05, 0) is 49.6 Å². The molecule has 166 valence electrons. The molecule has 9 nitrogen and oxygen atoms in total. The summed E-state index contributed by atoms with van der Waals surface area (Å²) in [5, 5.41) is 11.6. The number of carbonyl (C=O) groups is 1. The third-order valence-electron chi connectivity index (χ3n) is 5.35. The number of amides is 1. The fourth-order valence-corrected chi connectivity index (χ4v) is 6.52. The maximum Gasteiger partial charge on any atom is 0.286 e. The molecule has 0 radical (unpaired) electrons. The first-order chi connectivity index (χ1) is 15.4. The van der Waals surface area contributed by atoms with Crippen LogP contribution in [0.25, 0.3) is 0 Å². The lowest BCUT2D eigenvalue weighted by atomic mass is 10.2. The predicted molar refractivity (Wildman–Crippen MR) is 117 cm³/mol. The van der Waals surface area contributed by atoms with Gasteiger partial charge in [-0.1, -0.05) is 23.5 Å². The lowest BCUT2D eigenvalue weighted by Crippen LogP contribution is -2.30. The number of carbonyl (C=O) groups excluding carboxylic acids is 1. The molecule has 0 bridgehead atoms. The number of aromatic nitrogens is 2. The van der Waals surface area contributed by atoms with Crippen molar-refractivity contribution in [1.82, 2.24) is 14.5 Å². The molecule has 3 heterocycles. The van der Waals surface area contributed by atoms with Crippen molar-refractivity contribution < 1.29 is 22.7 Å². The Balaban J connectivity index is 1.35. The number of nitrogens with zero attached hydrogens (tertiary/aromatic N) is 3. The van der Waals surface area contributed by atoms with Gasteiger partial charge in [0, 0.05) is 18.3 Å². The smallest absolute Gasteiger partial charge is 0.286 e. The summed E-state index contributed by atoms with van der Waals surface area (Å²) in [6, 6.07) is 11.5. The van der Waals surface area contributed by atoms with E-state index in [0.717, 1.165) is 16.9 Å². The van der Waals surface area contributed by atoms with Crippen LogP contribution in [-0.4, -0.2) is 42.2 Å². The van der Waals surface area contributed by atoms with Crippen molar-refractivity contribution in [3.05, 3.63) is 58.0 Å². The molecule has 32 heavy (non-hydrogen) atoms. The summed E-state index contributed by atoms with van der Waals surface area (Å²) in [7, 11) is -3.68. The Morgan fingerprint density at radius 3 is 2.84 bits per heavy atom. The van der Waals surface area contributed by atoms with Crippen LogP contribution in [0.3, 0.4) is 0 Å². The molecule has 1 atom stereocenters. The van der Waals surface area contributed by atoms with Gasteiger partial charge in [-0.2, -0.15) is 4.31 Å². The van der Waals surface area contributed by atoms with Crippen molar-refractivity contribution in [2.75, 3.05) is 18.7 Å². The third-order valence-corrected chi connectivity index (χ3v) is 8.28. The monoisotopic (exact) mass is 472 g/mol. The second kappa shape index (κ2) is 8.15. The molecule has 2 aliphatic rings. The van der Waals surface area contributed by atoms with Crippen LogP contribution in [0.2, 0.25) is 0 Å². The van der Waals surface area contributed by atoms with Crippen LogP contribution in [0.4, 0.5) is 5.69 Å². The maximum atomic E-state index is 13.2.